The first-order valence-electron chi connectivity index (χ1n) is 4.00. The van der Waals surface area contributed by atoms with Gasteiger partial charge in [-0.25, -0.2) is 10.5 Å². The summed E-state index contributed by atoms with van der Waals surface area (Å²) in [6.07, 6.45) is -4.49. The smallest absolute Gasteiger partial charge is 0.265 e. The molecule has 4 nitrogen and oxygen atoms in total. The molecule has 1 aromatic rings. The summed E-state index contributed by atoms with van der Waals surface area (Å²) in [5.41, 5.74) is 1.60. The Kier molecular flexibility index (Phi) is 4.25. The van der Waals surface area contributed by atoms with Gasteiger partial charge in [0.15, 0.2) is 6.61 Å². The fourth-order valence-electron chi connectivity index (χ4n) is 0.770. The highest BCUT2D eigenvalue weighted by molar-refractivity contribution is 9.10. The number of hydrogen-bond donors (Lipinski definition) is 1. The molecule has 1 rings (SSSR count). The standard InChI is InChI=1S/C8H6BrF3N2O2/c9-6-3-1-2-5(13-6)7(15)14-16-4-8(10,11)12/h1-3H,4H2,(H,14,15). The third kappa shape index (κ3) is 4.58. The van der Waals surface area contributed by atoms with Crippen LogP contribution >= 0.6 is 15.9 Å². The average Bonchev–Trinajstić information content (AvgIpc) is 2.15. The van der Waals surface area contributed by atoms with Crippen LogP contribution in [0.2, 0.25) is 0 Å². The molecule has 0 saturated heterocycles. The van der Waals surface area contributed by atoms with Crippen LogP contribution in [0.5, 0.6) is 0 Å². The van der Waals surface area contributed by atoms with Gasteiger partial charge in [-0.1, -0.05) is 6.07 Å². The van der Waals surface area contributed by atoms with E-state index in [4.69, 9.17) is 0 Å². The third-order valence-electron chi connectivity index (χ3n) is 1.35. The molecule has 8 heteroatoms. The van der Waals surface area contributed by atoms with Crippen molar-refractivity contribution in [1.82, 2.24) is 10.5 Å². The molecule has 88 valence electrons. The Morgan fingerprint density at radius 3 is 2.75 bits per heavy atom. The molecule has 0 unspecified atom stereocenters. The lowest BCUT2D eigenvalue weighted by Crippen LogP contribution is -2.30. The Labute approximate surface area is 96.9 Å². The van der Waals surface area contributed by atoms with Crippen molar-refractivity contribution < 1.29 is 22.8 Å². The predicted molar refractivity (Wildman–Crippen MR) is 51.4 cm³/mol. The predicted octanol–water partition coefficient (Wildman–Crippen LogP) is 2.07. The van der Waals surface area contributed by atoms with Gasteiger partial charge in [-0.3, -0.25) is 9.63 Å². The van der Waals surface area contributed by atoms with E-state index in [1.807, 2.05) is 0 Å². The van der Waals surface area contributed by atoms with Crippen molar-refractivity contribution in [3.8, 4) is 0 Å². The van der Waals surface area contributed by atoms with E-state index in [1.54, 1.807) is 11.5 Å². The van der Waals surface area contributed by atoms with Gasteiger partial charge in [0.25, 0.3) is 5.91 Å². The maximum atomic E-state index is 11.7. The van der Waals surface area contributed by atoms with E-state index in [-0.39, 0.29) is 5.69 Å². The van der Waals surface area contributed by atoms with Crippen LogP contribution in [-0.4, -0.2) is 23.7 Å². The molecule has 0 aliphatic heterocycles. The van der Waals surface area contributed by atoms with Gasteiger partial charge in [-0.2, -0.15) is 13.2 Å². The Hall–Kier alpha value is -1.15. The molecule has 0 spiro atoms. The van der Waals surface area contributed by atoms with E-state index in [0.717, 1.165) is 0 Å². The number of nitrogens with zero attached hydrogens (tertiary/aromatic N) is 1. The first-order chi connectivity index (χ1) is 7.38. The molecular weight excluding hydrogens is 293 g/mol. The summed E-state index contributed by atoms with van der Waals surface area (Å²) >= 11 is 3.02. The normalized spacial score (nSPS) is 11.2. The van der Waals surface area contributed by atoms with Crippen LogP contribution in [0.1, 0.15) is 10.5 Å². The first kappa shape index (κ1) is 12.9. The molecule has 0 saturated carbocycles. The number of rotatable bonds is 3. The summed E-state index contributed by atoms with van der Waals surface area (Å²) in [4.78, 5) is 18.9. The monoisotopic (exact) mass is 298 g/mol. The lowest BCUT2D eigenvalue weighted by molar-refractivity contribution is -0.184. The molecule has 0 fully saturated rings. The number of hydroxylamine groups is 1. The molecule has 1 heterocycles. The van der Waals surface area contributed by atoms with E-state index in [1.165, 1.54) is 12.1 Å². The van der Waals surface area contributed by atoms with Crippen LogP contribution < -0.4 is 5.48 Å². The molecule has 0 aliphatic rings. The highest BCUT2D eigenvalue weighted by Crippen LogP contribution is 2.13. The van der Waals surface area contributed by atoms with Crippen LogP contribution in [0.15, 0.2) is 22.8 Å². The van der Waals surface area contributed by atoms with Crippen molar-refractivity contribution in [2.45, 2.75) is 6.18 Å². The Morgan fingerprint density at radius 2 is 2.19 bits per heavy atom. The van der Waals surface area contributed by atoms with Gasteiger partial charge in [0.1, 0.15) is 10.3 Å². The molecule has 0 bridgehead atoms. The summed E-state index contributed by atoms with van der Waals surface area (Å²) in [5.74, 6) is -0.842. The van der Waals surface area contributed by atoms with E-state index >= 15 is 0 Å². The van der Waals surface area contributed by atoms with Crippen molar-refractivity contribution in [2.75, 3.05) is 6.61 Å². The number of hydrogen-bond acceptors (Lipinski definition) is 3. The molecule has 0 radical (unpaired) electrons. The Balaban J connectivity index is 2.47. The highest BCUT2D eigenvalue weighted by atomic mass is 79.9. The van der Waals surface area contributed by atoms with Gasteiger partial charge in [-0.15, -0.1) is 0 Å². The number of amides is 1. The van der Waals surface area contributed by atoms with E-state index in [0.29, 0.717) is 4.60 Å². The topological polar surface area (TPSA) is 51.2 Å². The molecule has 0 aromatic carbocycles. The van der Waals surface area contributed by atoms with Crippen LogP contribution in [0.3, 0.4) is 0 Å². The van der Waals surface area contributed by atoms with Crippen molar-refractivity contribution in [3.05, 3.63) is 28.5 Å². The van der Waals surface area contributed by atoms with Gasteiger partial charge in [-0.05, 0) is 28.1 Å². The molecular formula is C8H6BrF3N2O2. The largest absolute Gasteiger partial charge is 0.414 e. The van der Waals surface area contributed by atoms with E-state index < -0.39 is 18.7 Å². The van der Waals surface area contributed by atoms with Crippen LogP contribution in [0.4, 0.5) is 13.2 Å². The lowest BCUT2D eigenvalue weighted by Gasteiger charge is -2.07. The lowest BCUT2D eigenvalue weighted by atomic mass is 10.3. The second-order valence-electron chi connectivity index (χ2n) is 2.68. The number of aromatic nitrogens is 1. The Bertz CT molecular complexity index is 384. The maximum Gasteiger partial charge on any atom is 0.414 e. The van der Waals surface area contributed by atoms with Gasteiger partial charge < -0.3 is 0 Å². The minimum absolute atomic E-state index is 0.0449. The van der Waals surface area contributed by atoms with Crippen molar-refractivity contribution in [3.63, 3.8) is 0 Å². The molecule has 0 aliphatic carbocycles. The second-order valence-corrected chi connectivity index (χ2v) is 3.49. The van der Waals surface area contributed by atoms with Gasteiger partial charge >= 0.3 is 6.18 Å². The van der Waals surface area contributed by atoms with Crippen molar-refractivity contribution in [1.29, 1.82) is 0 Å². The van der Waals surface area contributed by atoms with E-state index in [2.05, 4.69) is 25.8 Å². The number of carbonyl (C=O) groups excluding carboxylic acids is 1. The number of pyridine rings is 1. The zero-order chi connectivity index (χ0) is 12.2. The van der Waals surface area contributed by atoms with Crippen LogP contribution in [0, 0.1) is 0 Å². The van der Waals surface area contributed by atoms with Gasteiger partial charge in [0.05, 0.1) is 0 Å². The molecule has 16 heavy (non-hydrogen) atoms. The number of carbonyl (C=O) groups is 1. The Morgan fingerprint density at radius 1 is 1.50 bits per heavy atom. The summed E-state index contributed by atoms with van der Waals surface area (Å²) in [6, 6.07) is 4.44. The van der Waals surface area contributed by atoms with Gasteiger partial charge in [0.2, 0.25) is 0 Å². The molecule has 1 N–H and O–H groups in total. The molecule has 1 amide bonds. The zero-order valence-electron chi connectivity index (χ0n) is 7.71. The first-order valence-corrected chi connectivity index (χ1v) is 4.79. The summed E-state index contributed by atoms with van der Waals surface area (Å²) < 4.78 is 35.4. The number of halogens is 4. The van der Waals surface area contributed by atoms with Crippen LogP contribution in [0.25, 0.3) is 0 Å². The minimum atomic E-state index is -4.49. The number of alkyl halides is 3. The molecule has 0 atom stereocenters. The fraction of sp³-hybridized carbons (Fsp3) is 0.250. The minimum Gasteiger partial charge on any atom is -0.265 e. The summed E-state index contributed by atoms with van der Waals surface area (Å²) in [6.45, 7) is -1.55. The number of nitrogens with one attached hydrogen (secondary N) is 1. The SMILES string of the molecule is O=C(NOCC(F)(F)F)c1cccc(Br)n1. The average molecular weight is 299 g/mol. The quantitative estimate of drug-likeness (QED) is 0.686. The summed E-state index contributed by atoms with van der Waals surface area (Å²) in [5, 5.41) is 0. The summed E-state index contributed by atoms with van der Waals surface area (Å²) in [7, 11) is 0. The fourth-order valence-corrected chi connectivity index (χ4v) is 1.11. The third-order valence-corrected chi connectivity index (χ3v) is 1.79. The zero-order valence-corrected chi connectivity index (χ0v) is 9.30. The molecule has 1 aromatic heterocycles. The van der Waals surface area contributed by atoms with Crippen molar-refractivity contribution >= 4 is 21.8 Å². The highest BCUT2D eigenvalue weighted by Gasteiger charge is 2.28. The van der Waals surface area contributed by atoms with E-state index in [9.17, 15) is 18.0 Å². The van der Waals surface area contributed by atoms with Crippen molar-refractivity contribution in [2.24, 2.45) is 0 Å². The van der Waals surface area contributed by atoms with Gasteiger partial charge in [0, 0.05) is 0 Å². The maximum absolute atomic E-state index is 11.7. The van der Waals surface area contributed by atoms with Crippen LogP contribution in [-0.2, 0) is 4.84 Å². The second kappa shape index (κ2) is 5.26.